The molecule has 110 valence electrons. The maximum Gasteiger partial charge on any atom is 0.319 e. The van der Waals surface area contributed by atoms with Crippen LogP contribution < -0.4 is 0 Å². The summed E-state index contributed by atoms with van der Waals surface area (Å²) in [4.78, 5) is 16.2. The fraction of sp³-hybridized carbons (Fsp3) is 0.200. The average Bonchev–Trinajstić information content (AvgIpc) is 2.42. The molecule has 0 spiro atoms. The highest BCUT2D eigenvalue weighted by Gasteiger charge is 2.29. The lowest BCUT2D eigenvalue weighted by Crippen LogP contribution is -2.27. The summed E-state index contributed by atoms with van der Waals surface area (Å²) >= 11 is 13.2. The average molecular weight is 342 g/mol. The van der Waals surface area contributed by atoms with Crippen molar-refractivity contribution in [1.82, 2.24) is 4.98 Å². The van der Waals surface area contributed by atoms with Gasteiger partial charge < -0.3 is 5.11 Å². The minimum Gasteiger partial charge on any atom is -0.480 e. The van der Waals surface area contributed by atoms with Crippen LogP contribution in [0.5, 0.6) is 0 Å². The van der Waals surface area contributed by atoms with Gasteiger partial charge in [0.1, 0.15) is 4.75 Å². The van der Waals surface area contributed by atoms with E-state index in [1.165, 1.54) is 11.8 Å². The van der Waals surface area contributed by atoms with E-state index in [4.69, 9.17) is 23.2 Å². The maximum atomic E-state index is 11.3. The van der Waals surface area contributed by atoms with Gasteiger partial charge in [-0.3, -0.25) is 9.78 Å². The summed E-state index contributed by atoms with van der Waals surface area (Å²) in [7, 11) is 0. The number of aromatic nitrogens is 1. The Hall–Kier alpha value is -1.23. The standard InChI is InChI=1S/C15H13Cl2NO2S/c1-15(2,14(19)20)21-13-8-18-6-5-10(13)9-3-4-11(16)12(17)7-9/h3-8H,1-2H3,(H,19,20). The van der Waals surface area contributed by atoms with Crippen molar-refractivity contribution in [3.05, 3.63) is 46.7 Å². The Labute approximate surface area is 137 Å². The van der Waals surface area contributed by atoms with Crippen molar-refractivity contribution in [3.8, 4) is 11.1 Å². The number of rotatable bonds is 4. The van der Waals surface area contributed by atoms with Crippen molar-refractivity contribution in [3.63, 3.8) is 0 Å². The third-order valence-corrected chi connectivity index (χ3v) is 4.86. The van der Waals surface area contributed by atoms with Crippen molar-refractivity contribution in [2.24, 2.45) is 0 Å². The number of benzene rings is 1. The van der Waals surface area contributed by atoms with Gasteiger partial charge in [0, 0.05) is 17.3 Å². The number of carbonyl (C=O) groups is 1. The van der Waals surface area contributed by atoms with Gasteiger partial charge in [0.2, 0.25) is 0 Å². The Bertz CT molecular complexity index is 689. The molecule has 6 heteroatoms. The van der Waals surface area contributed by atoms with Crippen LogP contribution in [-0.2, 0) is 4.79 Å². The van der Waals surface area contributed by atoms with Crippen LogP contribution in [0, 0.1) is 0 Å². The summed E-state index contributed by atoms with van der Waals surface area (Å²) in [6.45, 7) is 3.32. The fourth-order valence-corrected chi connectivity index (χ4v) is 3.03. The molecule has 0 unspecified atom stereocenters. The van der Waals surface area contributed by atoms with Crippen molar-refractivity contribution in [2.75, 3.05) is 0 Å². The van der Waals surface area contributed by atoms with Gasteiger partial charge >= 0.3 is 5.97 Å². The van der Waals surface area contributed by atoms with Crippen molar-refractivity contribution in [1.29, 1.82) is 0 Å². The Morgan fingerprint density at radius 1 is 1.24 bits per heavy atom. The quantitative estimate of drug-likeness (QED) is 0.794. The molecule has 0 aliphatic heterocycles. The topological polar surface area (TPSA) is 50.2 Å². The largest absolute Gasteiger partial charge is 0.480 e. The number of carboxylic acids is 1. The zero-order valence-electron chi connectivity index (χ0n) is 11.4. The number of halogens is 2. The van der Waals surface area contributed by atoms with E-state index in [9.17, 15) is 9.90 Å². The van der Waals surface area contributed by atoms with Crippen LogP contribution >= 0.6 is 35.0 Å². The van der Waals surface area contributed by atoms with E-state index in [0.29, 0.717) is 10.0 Å². The number of aliphatic carboxylic acids is 1. The van der Waals surface area contributed by atoms with Crippen molar-refractivity contribution < 1.29 is 9.90 Å². The molecule has 2 aromatic rings. The third kappa shape index (κ3) is 3.70. The van der Waals surface area contributed by atoms with E-state index >= 15 is 0 Å². The maximum absolute atomic E-state index is 11.3. The molecule has 21 heavy (non-hydrogen) atoms. The molecule has 1 heterocycles. The van der Waals surface area contributed by atoms with E-state index in [1.54, 1.807) is 38.4 Å². The number of hydrogen-bond acceptors (Lipinski definition) is 3. The van der Waals surface area contributed by atoms with E-state index in [0.717, 1.165) is 16.0 Å². The molecule has 1 aromatic heterocycles. The van der Waals surface area contributed by atoms with Gasteiger partial charge in [-0.05, 0) is 43.2 Å². The van der Waals surface area contributed by atoms with Gasteiger partial charge in [-0.1, -0.05) is 29.3 Å². The first-order valence-electron chi connectivity index (χ1n) is 6.13. The van der Waals surface area contributed by atoms with E-state index in [-0.39, 0.29) is 0 Å². The molecule has 0 aliphatic rings. The van der Waals surface area contributed by atoms with E-state index in [1.807, 2.05) is 12.1 Å². The first-order valence-corrected chi connectivity index (χ1v) is 7.70. The summed E-state index contributed by atoms with van der Waals surface area (Å²) in [6.07, 6.45) is 3.32. The van der Waals surface area contributed by atoms with Crippen molar-refractivity contribution in [2.45, 2.75) is 23.5 Å². The number of thioether (sulfide) groups is 1. The van der Waals surface area contributed by atoms with Gasteiger partial charge in [-0.2, -0.15) is 0 Å². The lowest BCUT2D eigenvalue weighted by molar-refractivity contribution is -0.138. The molecule has 0 saturated heterocycles. The zero-order chi connectivity index (χ0) is 15.6. The van der Waals surface area contributed by atoms with Gasteiger partial charge in [-0.25, -0.2) is 0 Å². The summed E-state index contributed by atoms with van der Waals surface area (Å²) < 4.78 is -0.950. The first kappa shape index (κ1) is 16.1. The molecule has 0 atom stereocenters. The fourth-order valence-electron chi connectivity index (χ4n) is 1.68. The molecule has 0 radical (unpaired) electrons. The summed E-state index contributed by atoms with van der Waals surface area (Å²) in [5.74, 6) is -0.878. The monoisotopic (exact) mass is 341 g/mol. The number of nitrogens with zero attached hydrogens (tertiary/aromatic N) is 1. The van der Waals surface area contributed by atoms with Gasteiger partial charge in [0.25, 0.3) is 0 Å². The first-order chi connectivity index (χ1) is 9.81. The molecule has 1 N–H and O–H groups in total. The smallest absolute Gasteiger partial charge is 0.319 e. The number of hydrogen-bond donors (Lipinski definition) is 1. The molecule has 3 nitrogen and oxygen atoms in total. The van der Waals surface area contributed by atoms with Gasteiger partial charge in [0.15, 0.2) is 0 Å². The molecule has 0 saturated carbocycles. The number of carboxylic acid groups (broad SMARTS) is 1. The Morgan fingerprint density at radius 3 is 2.57 bits per heavy atom. The molecule has 2 rings (SSSR count). The second-order valence-corrected chi connectivity index (χ2v) is 7.40. The normalized spacial score (nSPS) is 11.4. The highest BCUT2D eigenvalue weighted by atomic mass is 35.5. The number of pyridine rings is 1. The second kappa shape index (κ2) is 6.26. The molecule has 0 fully saturated rings. The minimum atomic E-state index is -0.950. The highest BCUT2D eigenvalue weighted by Crippen LogP contribution is 2.39. The molecule has 0 amide bonds. The SMILES string of the molecule is CC(C)(Sc1cnccc1-c1ccc(Cl)c(Cl)c1)C(=O)O. The molecule has 0 aliphatic carbocycles. The third-order valence-electron chi connectivity index (χ3n) is 2.90. The van der Waals surface area contributed by atoms with Crippen LogP contribution in [0.1, 0.15) is 13.8 Å². The highest BCUT2D eigenvalue weighted by molar-refractivity contribution is 8.01. The van der Waals surface area contributed by atoms with Crippen LogP contribution in [0.25, 0.3) is 11.1 Å². The molecular formula is C15H13Cl2NO2S. The summed E-state index contributed by atoms with van der Waals surface area (Å²) in [6, 6.07) is 7.16. The van der Waals surface area contributed by atoms with Gasteiger partial charge in [-0.15, -0.1) is 11.8 Å². The lowest BCUT2D eigenvalue weighted by Gasteiger charge is -2.20. The van der Waals surface area contributed by atoms with Crippen molar-refractivity contribution >= 4 is 40.9 Å². The zero-order valence-corrected chi connectivity index (χ0v) is 13.8. The molecule has 1 aromatic carbocycles. The summed E-state index contributed by atoms with van der Waals surface area (Å²) in [5, 5.41) is 10.2. The minimum absolute atomic E-state index is 0.458. The molecular weight excluding hydrogens is 329 g/mol. The summed E-state index contributed by atoms with van der Waals surface area (Å²) in [5.41, 5.74) is 1.75. The predicted molar refractivity (Wildman–Crippen MR) is 87.3 cm³/mol. The second-order valence-electron chi connectivity index (χ2n) is 4.92. The van der Waals surface area contributed by atoms with Crippen LogP contribution in [0.4, 0.5) is 0 Å². The lowest BCUT2D eigenvalue weighted by atomic mass is 10.1. The van der Waals surface area contributed by atoms with Crippen LogP contribution in [0.3, 0.4) is 0 Å². The van der Waals surface area contributed by atoms with Crippen LogP contribution in [0.2, 0.25) is 10.0 Å². The van der Waals surface area contributed by atoms with Gasteiger partial charge in [0.05, 0.1) is 10.0 Å². The Balaban J connectivity index is 2.46. The Kier molecular flexibility index (Phi) is 4.81. The van der Waals surface area contributed by atoms with E-state index < -0.39 is 10.7 Å². The predicted octanol–water partition coefficient (Wildman–Crippen LogP) is 5.01. The van der Waals surface area contributed by atoms with E-state index in [2.05, 4.69) is 4.98 Å². The van der Waals surface area contributed by atoms with Crippen LogP contribution in [-0.4, -0.2) is 20.8 Å². The Morgan fingerprint density at radius 2 is 1.95 bits per heavy atom. The molecule has 0 bridgehead atoms. The van der Waals surface area contributed by atoms with Crippen LogP contribution in [0.15, 0.2) is 41.6 Å².